The second-order valence-electron chi connectivity index (χ2n) is 4.39. The van der Waals surface area contributed by atoms with Crippen molar-refractivity contribution < 1.29 is 9.53 Å². The van der Waals surface area contributed by atoms with Crippen molar-refractivity contribution in [2.45, 2.75) is 0 Å². The largest absolute Gasteiger partial charge is 0.378 e. The highest BCUT2D eigenvalue weighted by Crippen LogP contribution is 2.16. The topological polar surface area (TPSA) is 47.4 Å². The quantitative estimate of drug-likeness (QED) is 0.783. The third kappa shape index (κ3) is 2.51. The summed E-state index contributed by atoms with van der Waals surface area (Å²) in [5.41, 5.74) is 1.82. The van der Waals surface area contributed by atoms with Crippen LogP contribution in [0.4, 0.5) is 4.79 Å². The lowest BCUT2D eigenvalue weighted by Gasteiger charge is -2.26. The average molecular weight is 257 g/mol. The second kappa shape index (κ2) is 5.24. The molecule has 2 heterocycles. The minimum Gasteiger partial charge on any atom is -0.378 e. The van der Waals surface area contributed by atoms with E-state index in [0.29, 0.717) is 26.3 Å². The van der Waals surface area contributed by atoms with Gasteiger partial charge in [0.25, 0.3) is 0 Å². The van der Waals surface area contributed by atoms with Crippen LogP contribution in [-0.2, 0) is 4.74 Å². The van der Waals surface area contributed by atoms with Gasteiger partial charge in [-0.15, -0.1) is 0 Å². The Balaban J connectivity index is 1.79. The van der Waals surface area contributed by atoms with E-state index in [1.54, 1.807) is 11.1 Å². The molecule has 0 atom stereocenters. The van der Waals surface area contributed by atoms with Crippen LogP contribution in [0.25, 0.3) is 11.3 Å². The van der Waals surface area contributed by atoms with Gasteiger partial charge < -0.3 is 9.64 Å². The lowest BCUT2D eigenvalue weighted by Crippen LogP contribution is -2.43. The third-order valence-corrected chi connectivity index (χ3v) is 3.14. The molecule has 0 saturated carbocycles. The molecule has 2 aromatic rings. The molecule has 1 amide bonds. The van der Waals surface area contributed by atoms with E-state index in [-0.39, 0.29) is 6.03 Å². The monoisotopic (exact) mass is 257 g/mol. The molecule has 1 aromatic carbocycles. The van der Waals surface area contributed by atoms with Crippen LogP contribution >= 0.6 is 0 Å². The zero-order valence-electron chi connectivity index (χ0n) is 10.5. The molecule has 0 bridgehead atoms. The Bertz CT molecular complexity index is 559. The van der Waals surface area contributed by atoms with Crippen molar-refractivity contribution in [1.82, 2.24) is 14.7 Å². The summed E-state index contributed by atoms with van der Waals surface area (Å²) in [6.45, 7) is 2.44. The highest BCUT2D eigenvalue weighted by Gasteiger charge is 2.19. The maximum Gasteiger partial charge on any atom is 0.344 e. The van der Waals surface area contributed by atoms with Crippen molar-refractivity contribution in [2.75, 3.05) is 26.3 Å². The van der Waals surface area contributed by atoms with Gasteiger partial charge in [-0.05, 0) is 6.07 Å². The van der Waals surface area contributed by atoms with Crippen molar-refractivity contribution in [1.29, 1.82) is 0 Å². The number of ether oxygens (including phenoxy) is 1. The Labute approximate surface area is 111 Å². The number of benzene rings is 1. The Kier molecular flexibility index (Phi) is 3.29. The number of amides is 1. The first-order valence-electron chi connectivity index (χ1n) is 6.33. The first kappa shape index (κ1) is 11.9. The summed E-state index contributed by atoms with van der Waals surface area (Å²) in [7, 11) is 0. The van der Waals surface area contributed by atoms with Crippen LogP contribution in [0.1, 0.15) is 0 Å². The van der Waals surface area contributed by atoms with Gasteiger partial charge in [0, 0.05) is 24.8 Å². The smallest absolute Gasteiger partial charge is 0.344 e. The number of carbonyl (C=O) groups is 1. The summed E-state index contributed by atoms with van der Waals surface area (Å²) in [6.07, 6.45) is 1.71. The average Bonchev–Trinajstić information content (AvgIpc) is 2.98. The maximum absolute atomic E-state index is 12.2. The van der Waals surface area contributed by atoms with Gasteiger partial charge in [-0.3, -0.25) is 0 Å². The Morgan fingerprint density at radius 3 is 2.58 bits per heavy atom. The van der Waals surface area contributed by atoms with Crippen molar-refractivity contribution in [2.24, 2.45) is 0 Å². The Morgan fingerprint density at radius 2 is 1.84 bits per heavy atom. The first-order valence-corrected chi connectivity index (χ1v) is 6.33. The summed E-state index contributed by atoms with van der Waals surface area (Å²) in [5.74, 6) is 0. The highest BCUT2D eigenvalue weighted by atomic mass is 16.5. The molecule has 1 saturated heterocycles. The van der Waals surface area contributed by atoms with E-state index < -0.39 is 0 Å². The fourth-order valence-electron chi connectivity index (χ4n) is 2.09. The predicted octanol–water partition coefficient (Wildman–Crippen LogP) is 1.85. The summed E-state index contributed by atoms with van der Waals surface area (Å²) in [6, 6.07) is 11.6. The van der Waals surface area contributed by atoms with Gasteiger partial charge >= 0.3 is 6.03 Å². The minimum absolute atomic E-state index is 0.0921. The van der Waals surface area contributed by atoms with E-state index in [2.05, 4.69) is 5.10 Å². The number of aromatic nitrogens is 2. The molecule has 3 rings (SSSR count). The number of carbonyl (C=O) groups excluding carboxylic acids is 1. The normalized spacial score (nSPS) is 15.5. The first-order chi connectivity index (χ1) is 9.34. The molecule has 1 aromatic heterocycles. The van der Waals surface area contributed by atoms with E-state index in [1.807, 2.05) is 36.4 Å². The van der Waals surface area contributed by atoms with Crippen LogP contribution in [0.15, 0.2) is 42.6 Å². The lowest BCUT2D eigenvalue weighted by molar-refractivity contribution is 0.0529. The van der Waals surface area contributed by atoms with Crippen molar-refractivity contribution >= 4 is 6.03 Å². The second-order valence-corrected chi connectivity index (χ2v) is 4.39. The fraction of sp³-hybridized carbons (Fsp3) is 0.286. The van der Waals surface area contributed by atoms with Gasteiger partial charge in [0.15, 0.2) is 0 Å². The maximum atomic E-state index is 12.2. The number of hydrogen-bond acceptors (Lipinski definition) is 3. The van der Waals surface area contributed by atoms with Gasteiger partial charge in [0.2, 0.25) is 0 Å². The Morgan fingerprint density at radius 1 is 1.11 bits per heavy atom. The molecule has 0 unspecified atom stereocenters. The number of rotatable bonds is 1. The third-order valence-electron chi connectivity index (χ3n) is 3.14. The molecule has 0 spiro atoms. The van der Waals surface area contributed by atoms with Crippen LogP contribution in [0.2, 0.25) is 0 Å². The van der Waals surface area contributed by atoms with E-state index in [0.717, 1.165) is 11.3 Å². The van der Waals surface area contributed by atoms with Gasteiger partial charge in [-0.2, -0.15) is 9.78 Å². The molecular weight excluding hydrogens is 242 g/mol. The van der Waals surface area contributed by atoms with Crippen LogP contribution in [0.5, 0.6) is 0 Å². The molecule has 5 heteroatoms. The van der Waals surface area contributed by atoms with Crippen LogP contribution in [0.3, 0.4) is 0 Å². The van der Waals surface area contributed by atoms with Gasteiger partial charge in [0.05, 0.1) is 18.9 Å². The van der Waals surface area contributed by atoms with Gasteiger partial charge in [-0.1, -0.05) is 30.3 Å². The fourth-order valence-corrected chi connectivity index (χ4v) is 2.09. The Hall–Kier alpha value is -2.14. The molecule has 0 N–H and O–H groups in total. The SMILES string of the molecule is O=C(N1CCOCC1)n1ccc(-c2ccccc2)n1. The van der Waals surface area contributed by atoms with E-state index in [4.69, 9.17) is 4.74 Å². The van der Waals surface area contributed by atoms with E-state index >= 15 is 0 Å². The van der Waals surface area contributed by atoms with Crippen LogP contribution in [0, 0.1) is 0 Å². The molecule has 0 aliphatic carbocycles. The molecule has 1 aliphatic rings. The predicted molar refractivity (Wildman–Crippen MR) is 70.8 cm³/mol. The van der Waals surface area contributed by atoms with Crippen molar-refractivity contribution in [3.8, 4) is 11.3 Å². The number of morpholine rings is 1. The van der Waals surface area contributed by atoms with Gasteiger partial charge in [-0.25, -0.2) is 4.79 Å². The molecule has 5 nitrogen and oxygen atoms in total. The zero-order valence-corrected chi connectivity index (χ0v) is 10.5. The van der Waals surface area contributed by atoms with E-state index in [1.165, 1.54) is 4.68 Å². The van der Waals surface area contributed by atoms with E-state index in [9.17, 15) is 4.79 Å². The van der Waals surface area contributed by atoms with Crippen LogP contribution < -0.4 is 0 Å². The lowest BCUT2D eigenvalue weighted by atomic mass is 10.2. The van der Waals surface area contributed by atoms with Gasteiger partial charge in [0.1, 0.15) is 0 Å². The highest BCUT2D eigenvalue weighted by molar-refractivity contribution is 5.77. The van der Waals surface area contributed by atoms with Crippen molar-refractivity contribution in [3.63, 3.8) is 0 Å². The summed E-state index contributed by atoms with van der Waals surface area (Å²) < 4.78 is 6.63. The van der Waals surface area contributed by atoms with Crippen LogP contribution in [-0.4, -0.2) is 47.0 Å². The zero-order chi connectivity index (χ0) is 13.1. The summed E-state index contributed by atoms with van der Waals surface area (Å²) in [4.78, 5) is 14.0. The number of nitrogens with zero attached hydrogens (tertiary/aromatic N) is 3. The molecule has 98 valence electrons. The summed E-state index contributed by atoms with van der Waals surface area (Å²) in [5, 5.41) is 4.34. The standard InChI is InChI=1S/C14H15N3O2/c18-14(16-8-10-19-11-9-16)17-7-6-13(15-17)12-4-2-1-3-5-12/h1-7H,8-11H2. The molecular formula is C14H15N3O2. The minimum atomic E-state index is -0.0921. The molecule has 1 aliphatic heterocycles. The van der Waals surface area contributed by atoms with Crippen molar-refractivity contribution in [3.05, 3.63) is 42.6 Å². The molecule has 19 heavy (non-hydrogen) atoms. The number of hydrogen-bond donors (Lipinski definition) is 0. The molecule has 1 fully saturated rings. The molecule has 0 radical (unpaired) electrons. The summed E-state index contributed by atoms with van der Waals surface area (Å²) >= 11 is 0.